The normalized spacial score (nSPS) is 18.3. The lowest BCUT2D eigenvalue weighted by atomic mass is 9.93. The molecule has 1 heterocycles. The van der Waals surface area contributed by atoms with Crippen LogP contribution in [0.15, 0.2) is 21.1 Å². The highest BCUT2D eigenvalue weighted by Crippen LogP contribution is 2.40. The number of rotatable bonds is 0. The Morgan fingerprint density at radius 2 is 2.00 bits per heavy atom. The van der Waals surface area contributed by atoms with Gasteiger partial charge in [-0.25, -0.2) is 0 Å². The zero-order chi connectivity index (χ0) is 11.2. The first-order chi connectivity index (χ1) is 6.89. The highest BCUT2D eigenvalue weighted by Gasteiger charge is 2.33. The first-order valence-corrected chi connectivity index (χ1v) is 6.19. The molecular weight excluding hydrogens is 324 g/mol. The van der Waals surface area contributed by atoms with E-state index in [1.807, 2.05) is 19.9 Å². The van der Waals surface area contributed by atoms with Gasteiger partial charge in [-0.1, -0.05) is 15.9 Å². The summed E-state index contributed by atoms with van der Waals surface area (Å²) < 4.78 is 7.48. The number of hydrogen-bond acceptors (Lipinski definition) is 2. The molecule has 0 aliphatic carbocycles. The first kappa shape index (κ1) is 11.1. The topological polar surface area (TPSA) is 26.3 Å². The third-order valence-corrected chi connectivity index (χ3v) is 3.32. The molecule has 2 rings (SSSR count). The van der Waals surface area contributed by atoms with Crippen molar-refractivity contribution in [1.29, 1.82) is 0 Å². The van der Waals surface area contributed by atoms with Gasteiger partial charge < -0.3 is 4.74 Å². The van der Waals surface area contributed by atoms with Crippen LogP contribution in [0, 0.1) is 0 Å². The average Bonchev–Trinajstić information content (AvgIpc) is 2.06. The van der Waals surface area contributed by atoms with E-state index < -0.39 is 5.60 Å². The second-order valence-corrected chi connectivity index (χ2v) is 6.00. The van der Waals surface area contributed by atoms with Gasteiger partial charge in [0.25, 0.3) is 0 Å². The van der Waals surface area contributed by atoms with Crippen LogP contribution in [0.25, 0.3) is 0 Å². The summed E-state index contributed by atoms with van der Waals surface area (Å²) in [7, 11) is 0. The fraction of sp³-hybridized carbons (Fsp3) is 0.364. The maximum atomic E-state index is 11.9. The molecule has 0 N–H and O–H groups in total. The van der Waals surface area contributed by atoms with Gasteiger partial charge in [-0.15, -0.1) is 0 Å². The Hall–Kier alpha value is -0.350. The standard InChI is InChI=1S/C11H10Br2O2/c1-11(2)5-9(14)7-3-6(12)4-8(13)10(7)15-11/h3-4H,5H2,1-2H3. The molecule has 0 atom stereocenters. The molecule has 0 aromatic heterocycles. The molecule has 0 spiro atoms. The van der Waals surface area contributed by atoms with Crippen molar-refractivity contribution in [2.24, 2.45) is 0 Å². The van der Waals surface area contributed by atoms with Crippen LogP contribution in [-0.4, -0.2) is 11.4 Å². The number of halogens is 2. The number of carbonyl (C=O) groups excluding carboxylic acids is 1. The summed E-state index contributed by atoms with van der Waals surface area (Å²) in [6, 6.07) is 3.69. The second kappa shape index (κ2) is 3.59. The van der Waals surface area contributed by atoms with E-state index in [1.54, 1.807) is 6.07 Å². The van der Waals surface area contributed by atoms with Crippen LogP contribution in [0.5, 0.6) is 5.75 Å². The van der Waals surface area contributed by atoms with Crippen LogP contribution in [0.1, 0.15) is 30.6 Å². The third-order valence-electron chi connectivity index (χ3n) is 2.27. The maximum Gasteiger partial charge on any atom is 0.170 e. The predicted molar refractivity (Wildman–Crippen MR) is 65.5 cm³/mol. The van der Waals surface area contributed by atoms with Crippen molar-refractivity contribution in [3.63, 3.8) is 0 Å². The Labute approximate surface area is 105 Å². The molecule has 15 heavy (non-hydrogen) atoms. The van der Waals surface area contributed by atoms with Gasteiger partial charge in [0.15, 0.2) is 5.78 Å². The van der Waals surface area contributed by atoms with Crippen LogP contribution < -0.4 is 4.74 Å². The van der Waals surface area contributed by atoms with Crippen LogP contribution in [-0.2, 0) is 0 Å². The molecule has 80 valence electrons. The van der Waals surface area contributed by atoms with Crippen molar-refractivity contribution in [2.75, 3.05) is 0 Å². The lowest BCUT2D eigenvalue weighted by Gasteiger charge is -2.32. The minimum absolute atomic E-state index is 0.128. The minimum Gasteiger partial charge on any atom is -0.485 e. The van der Waals surface area contributed by atoms with Gasteiger partial charge in [-0.3, -0.25) is 4.79 Å². The van der Waals surface area contributed by atoms with Crippen molar-refractivity contribution < 1.29 is 9.53 Å². The summed E-state index contributed by atoms with van der Waals surface area (Å²) in [4.78, 5) is 11.9. The number of Topliss-reactive ketones (excluding diaryl/α,β-unsaturated/α-hetero) is 1. The lowest BCUT2D eigenvalue weighted by Crippen LogP contribution is -2.36. The number of fused-ring (bicyclic) bond motifs is 1. The lowest BCUT2D eigenvalue weighted by molar-refractivity contribution is 0.0615. The molecule has 0 radical (unpaired) electrons. The fourth-order valence-electron chi connectivity index (χ4n) is 1.67. The Kier molecular flexibility index (Phi) is 2.67. The summed E-state index contributed by atoms with van der Waals surface area (Å²) in [6.07, 6.45) is 0.420. The number of carbonyl (C=O) groups is 1. The summed E-state index contributed by atoms with van der Waals surface area (Å²) >= 11 is 6.76. The molecule has 0 amide bonds. The average molecular weight is 334 g/mol. The van der Waals surface area contributed by atoms with Gasteiger partial charge in [-0.05, 0) is 41.9 Å². The Bertz CT molecular complexity index is 438. The zero-order valence-corrected chi connectivity index (χ0v) is 11.6. The first-order valence-electron chi connectivity index (χ1n) is 4.60. The van der Waals surface area contributed by atoms with E-state index in [2.05, 4.69) is 31.9 Å². The molecule has 1 aliphatic heterocycles. The fourth-order valence-corrected chi connectivity index (χ4v) is 2.97. The molecule has 1 aliphatic rings. The number of benzene rings is 1. The van der Waals surface area contributed by atoms with E-state index in [0.717, 1.165) is 8.95 Å². The maximum absolute atomic E-state index is 11.9. The number of ketones is 1. The molecule has 0 bridgehead atoms. The smallest absolute Gasteiger partial charge is 0.170 e. The van der Waals surface area contributed by atoms with Crippen molar-refractivity contribution in [3.8, 4) is 5.75 Å². The summed E-state index contributed by atoms with van der Waals surface area (Å²) in [6.45, 7) is 3.84. The van der Waals surface area contributed by atoms with E-state index in [9.17, 15) is 4.79 Å². The van der Waals surface area contributed by atoms with Gasteiger partial charge in [0.1, 0.15) is 11.4 Å². The summed E-state index contributed by atoms with van der Waals surface area (Å²) in [5.74, 6) is 0.780. The largest absolute Gasteiger partial charge is 0.485 e. The molecule has 0 fully saturated rings. The molecule has 1 aromatic rings. The highest BCUT2D eigenvalue weighted by atomic mass is 79.9. The van der Waals surface area contributed by atoms with Crippen LogP contribution in [0.4, 0.5) is 0 Å². The van der Waals surface area contributed by atoms with E-state index in [1.165, 1.54) is 0 Å². The summed E-state index contributed by atoms with van der Waals surface area (Å²) in [5, 5.41) is 0. The SMILES string of the molecule is CC1(C)CC(=O)c2cc(Br)cc(Br)c2O1. The molecule has 4 heteroatoms. The van der Waals surface area contributed by atoms with Crippen molar-refractivity contribution >= 4 is 37.6 Å². The molecule has 0 saturated heterocycles. The van der Waals surface area contributed by atoms with Crippen LogP contribution >= 0.6 is 31.9 Å². The van der Waals surface area contributed by atoms with Crippen LogP contribution in [0.3, 0.4) is 0 Å². The van der Waals surface area contributed by atoms with Gasteiger partial charge in [-0.2, -0.15) is 0 Å². The van der Waals surface area contributed by atoms with Crippen molar-refractivity contribution in [3.05, 3.63) is 26.6 Å². The molecule has 0 unspecified atom stereocenters. The van der Waals surface area contributed by atoms with Crippen LogP contribution in [0.2, 0.25) is 0 Å². The monoisotopic (exact) mass is 332 g/mol. The van der Waals surface area contributed by atoms with Gasteiger partial charge in [0.05, 0.1) is 16.5 Å². The quantitative estimate of drug-likeness (QED) is 0.718. The van der Waals surface area contributed by atoms with Gasteiger partial charge in [0, 0.05) is 4.47 Å². The Morgan fingerprint density at radius 3 is 2.67 bits per heavy atom. The number of ether oxygens (including phenoxy) is 1. The molecule has 0 saturated carbocycles. The molecular formula is C11H10Br2O2. The van der Waals surface area contributed by atoms with Crippen molar-refractivity contribution in [1.82, 2.24) is 0 Å². The van der Waals surface area contributed by atoms with Gasteiger partial charge >= 0.3 is 0 Å². The van der Waals surface area contributed by atoms with Gasteiger partial charge in [0.2, 0.25) is 0 Å². The molecule has 2 nitrogen and oxygen atoms in total. The second-order valence-electron chi connectivity index (χ2n) is 4.23. The van der Waals surface area contributed by atoms with E-state index in [-0.39, 0.29) is 5.78 Å². The molecule has 1 aromatic carbocycles. The zero-order valence-electron chi connectivity index (χ0n) is 8.43. The predicted octanol–water partition coefficient (Wildman–Crippen LogP) is 3.96. The Balaban J connectivity index is 2.60. The Morgan fingerprint density at radius 1 is 1.33 bits per heavy atom. The van der Waals surface area contributed by atoms with E-state index in [0.29, 0.717) is 17.7 Å². The highest BCUT2D eigenvalue weighted by molar-refractivity contribution is 9.11. The number of hydrogen-bond donors (Lipinski definition) is 0. The van der Waals surface area contributed by atoms with E-state index >= 15 is 0 Å². The van der Waals surface area contributed by atoms with E-state index in [4.69, 9.17) is 4.74 Å². The third kappa shape index (κ3) is 2.11. The summed E-state index contributed by atoms with van der Waals surface area (Å²) in [5.41, 5.74) is 0.232. The minimum atomic E-state index is -0.416. The van der Waals surface area contributed by atoms with Crippen molar-refractivity contribution in [2.45, 2.75) is 25.9 Å².